The minimum absolute atomic E-state index is 0.0150. The van der Waals surface area contributed by atoms with E-state index in [4.69, 9.17) is 9.66 Å². The normalized spacial score (nSPS) is 16.2. The van der Waals surface area contributed by atoms with Crippen LogP contribution in [0.1, 0.15) is 19.8 Å². The van der Waals surface area contributed by atoms with E-state index in [0.717, 1.165) is 0 Å². The third kappa shape index (κ3) is 4.75. The fraction of sp³-hybridized carbons (Fsp3) is 1.00. The van der Waals surface area contributed by atoms with Gasteiger partial charge in [0.25, 0.3) is 15.7 Å². The van der Waals surface area contributed by atoms with Crippen molar-refractivity contribution < 1.29 is 49.2 Å². The lowest BCUT2D eigenvalue weighted by Crippen LogP contribution is -2.63. The molecule has 0 radical (unpaired) electrons. The Labute approximate surface area is 110 Å². The third-order valence-corrected chi connectivity index (χ3v) is 2.95. The van der Waals surface area contributed by atoms with Gasteiger partial charge >= 0.3 is 12.4 Å². The topological polar surface area (TPSA) is 83.8 Å². The van der Waals surface area contributed by atoms with E-state index >= 15 is 0 Å². The molecule has 122 valence electrons. The maximum atomic E-state index is 12.7. The molecule has 12 heteroatoms. The predicted molar refractivity (Wildman–Crippen MR) is 53.3 cm³/mol. The lowest BCUT2D eigenvalue weighted by Gasteiger charge is -2.37. The van der Waals surface area contributed by atoms with Gasteiger partial charge in [-0.25, -0.2) is 0 Å². The Hall–Kier alpha value is -0.590. The largest absolute Gasteiger partial charge is 0.427 e. The molecule has 1 unspecified atom stereocenters. The number of alkyl halides is 6. The summed E-state index contributed by atoms with van der Waals surface area (Å²) in [6, 6.07) is 0. The zero-order valence-corrected chi connectivity index (χ0v) is 10.8. The van der Waals surface area contributed by atoms with Crippen LogP contribution in [-0.4, -0.2) is 48.1 Å². The van der Waals surface area contributed by atoms with Gasteiger partial charge in [-0.05, 0) is 6.42 Å². The van der Waals surface area contributed by atoms with E-state index in [-0.39, 0.29) is 6.42 Å². The van der Waals surface area contributed by atoms with Gasteiger partial charge in [0.15, 0.2) is 6.29 Å². The van der Waals surface area contributed by atoms with Crippen LogP contribution in [0.25, 0.3) is 0 Å². The third-order valence-electron chi connectivity index (χ3n) is 2.17. The standard InChI is InChI=1S/C8H12F6O5S/c1-2-3-5(15)19-6(7(9,10)11,8(12,13)14)4-20(16,17)18/h5,15H,2-4H2,1H3,(H,16,17,18). The summed E-state index contributed by atoms with van der Waals surface area (Å²) in [7, 11) is -5.68. The van der Waals surface area contributed by atoms with Crippen molar-refractivity contribution in [3.63, 3.8) is 0 Å². The number of ether oxygens (including phenoxy) is 1. The van der Waals surface area contributed by atoms with Gasteiger partial charge in [-0.2, -0.15) is 34.8 Å². The molecule has 1 atom stereocenters. The first-order valence-electron chi connectivity index (χ1n) is 5.11. The molecule has 0 aliphatic carbocycles. The van der Waals surface area contributed by atoms with Crippen LogP contribution in [-0.2, 0) is 14.9 Å². The van der Waals surface area contributed by atoms with E-state index in [1.54, 1.807) is 0 Å². The number of aliphatic hydroxyl groups excluding tert-OH is 1. The minimum atomic E-state index is -6.21. The number of hydrogen-bond donors (Lipinski definition) is 2. The van der Waals surface area contributed by atoms with Crippen molar-refractivity contribution >= 4 is 10.1 Å². The van der Waals surface area contributed by atoms with Crippen molar-refractivity contribution in [2.24, 2.45) is 0 Å². The maximum absolute atomic E-state index is 12.7. The summed E-state index contributed by atoms with van der Waals surface area (Å²) in [6.45, 7) is 1.35. The first kappa shape index (κ1) is 19.4. The zero-order chi connectivity index (χ0) is 16.4. The molecule has 2 N–H and O–H groups in total. The van der Waals surface area contributed by atoms with Crippen molar-refractivity contribution in [1.82, 2.24) is 0 Å². The molecule has 0 heterocycles. The van der Waals surface area contributed by atoms with Crippen molar-refractivity contribution in [1.29, 1.82) is 0 Å². The molecule has 0 aliphatic heterocycles. The Morgan fingerprint density at radius 1 is 1.10 bits per heavy atom. The van der Waals surface area contributed by atoms with E-state index in [0.29, 0.717) is 0 Å². The highest BCUT2D eigenvalue weighted by Gasteiger charge is 2.74. The molecule has 20 heavy (non-hydrogen) atoms. The van der Waals surface area contributed by atoms with E-state index in [1.807, 2.05) is 0 Å². The molecule has 0 aromatic rings. The summed E-state index contributed by atoms with van der Waals surface area (Å²) in [5, 5.41) is 9.01. The highest BCUT2D eigenvalue weighted by molar-refractivity contribution is 7.85. The monoisotopic (exact) mass is 334 g/mol. The average Bonchev–Trinajstić information content (AvgIpc) is 2.10. The molecule has 0 aromatic heterocycles. The van der Waals surface area contributed by atoms with E-state index in [1.165, 1.54) is 6.92 Å². The van der Waals surface area contributed by atoms with Crippen LogP contribution >= 0.6 is 0 Å². The Kier molecular flexibility index (Phi) is 5.86. The van der Waals surface area contributed by atoms with Gasteiger partial charge in [-0.3, -0.25) is 4.55 Å². The maximum Gasteiger partial charge on any atom is 0.427 e. The predicted octanol–water partition coefficient (Wildman–Crippen LogP) is 1.87. The van der Waals surface area contributed by atoms with E-state index in [2.05, 4.69) is 4.74 Å². The summed E-state index contributed by atoms with van der Waals surface area (Å²) in [5.41, 5.74) is -5.21. The average molecular weight is 334 g/mol. The molecule has 5 nitrogen and oxygen atoms in total. The van der Waals surface area contributed by atoms with Gasteiger partial charge in [0, 0.05) is 0 Å². The first-order valence-corrected chi connectivity index (χ1v) is 6.71. The Morgan fingerprint density at radius 3 is 1.75 bits per heavy atom. The van der Waals surface area contributed by atoms with Crippen molar-refractivity contribution in [3.05, 3.63) is 0 Å². The summed E-state index contributed by atoms with van der Waals surface area (Å²) in [6.07, 6.45) is -15.5. The van der Waals surface area contributed by atoms with Gasteiger partial charge in [0.2, 0.25) is 0 Å². The van der Waals surface area contributed by atoms with Gasteiger partial charge in [-0.15, -0.1) is 0 Å². The zero-order valence-electron chi connectivity index (χ0n) is 9.99. The SMILES string of the molecule is CCCC(O)OC(CS(=O)(=O)O)(C(F)(F)F)C(F)(F)F. The molecule has 0 bridgehead atoms. The van der Waals surface area contributed by atoms with E-state index < -0.39 is 46.5 Å². The smallest absolute Gasteiger partial charge is 0.368 e. The molecule has 0 saturated heterocycles. The van der Waals surface area contributed by atoms with Crippen molar-refractivity contribution in [2.45, 2.75) is 44.0 Å². The second-order valence-corrected chi connectivity index (χ2v) is 5.36. The van der Waals surface area contributed by atoms with Crippen LogP contribution in [0.15, 0.2) is 0 Å². The van der Waals surface area contributed by atoms with Crippen LogP contribution < -0.4 is 0 Å². The van der Waals surface area contributed by atoms with E-state index in [9.17, 15) is 34.8 Å². The highest BCUT2D eigenvalue weighted by Crippen LogP contribution is 2.47. The van der Waals surface area contributed by atoms with Gasteiger partial charge in [0.05, 0.1) is 0 Å². The van der Waals surface area contributed by atoms with Crippen LogP contribution in [0, 0.1) is 0 Å². The molecular weight excluding hydrogens is 322 g/mol. The van der Waals surface area contributed by atoms with Crippen LogP contribution in [0.5, 0.6) is 0 Å². The molecule has 0 spiro atoms. The number of rotatable bonds is 6. The molecule has 0 fully saturated rings. The summed E-state index contributed by atoms with van der Waals surface area (Å²) in [5.74, 6) is -2.80. The highest BCUT2D eigenvalue weighted by atomic mass is 32.2. The lowest BCUT2D eigenvalue weighted by atomic mass is 10.1. The molecule has 0 saturated carbocycles. The van der Waals surface area contributed by atoms with Gasteiger partial charge < -0.3 is 9.84 Å². The van der Waals surface area contributed by atoms with Gasteiger partial charge in [0.1, 0.15) is 5.75 Å². The number of hydrogen-bond acceptors (Lipinski definition) is 4. The first-order chi connectivity index (χ1) is 8.66. The minimum Gasteiger partial charge on any atom is -0.368 e. The molecule has 0 amide bonds. The molecule has 0 aliphatic rings. The van der Waals surface area contributed by atoms with Crippen molar-refractivity contribution in [2.75, 3.05) is 5.75 Å². The second-order valence-electron chi connectivity index (χ2n) is 3.91. The van der Waals surface area contributed by atoms with Crippen LogP contribution in [0.3, 0.4) is 0 Å². The fourth-order valence-electron chi connectivity index (χ4n) is 1.29. The van der Waals surface area contributed by atoms with Gasteiger partial charge in [-0.1, -0.05) is 13.3 Å². The lowest BCUT2D eigenvalue weighted by molar-refractivity contribution is -0.398. The summed E-state index contributed by atoms with van der Waals surface area (Å²) >= 11 is 0. The number of halogens is 6. The molecule has 0 rings (SSSR count). The Balaban J connectivity index is 5.83. The summed E-state index contributed by atoms with van der Waals surface area (Å²) < 4.78 is 109. The quantitative estimate of drug-likeness (QED) is 0.440. The molecule has 0 aromatic carbocycles. The molecular formula is C8H12F6O5S. The second kappa shape index (κ2) is 6.03. The van der Waals surface area contributed by atoms with Crippen LogP contribution in [0.2, 0.25) is 0 Å². The Morgan fingerprint density at radius 2 is 1.50 bits per heavy atom. The summed E-state index contributed by atoms with van der Waals surface area (Å²) in [4.78, 5) is 0. The number of aliphatic hydroxyl groups is 1. The Bertz CT molecular complexity index is 400. The van der Waals surface area contributed by atoms with Crippen LogP contribution in [0.4, 0.5) is 26.3 Å². The fourth-order valence-corrected chi connectivity index (χ4v) is 2.20. The van der Waals surface area contributed by atoms with Crippen molar-refractivity contribution in [3.8, 4) is 0 Å².